The van der Waals surface area contributed by atoms with E-state index in [1.807, 2.05) is 17.0 Å². The van der Waals surface area contributed by atoms with E-state index in [9.17, 15) is 14.9 Å². The molecule has 0 bridgehead atoms. The molecule has 0 radical (unpaired) electrons. The van der Waals surface area contributed by atoms with Gasteiger partial charge in [0.15, 0.2) is 0 Å². The molecule has 9 nitrogen and oxygen atoms in total. The van der Waals surface area contributed by atoms with Crippen LogP contribution in [0.25, 0.3) is 22.6 Å². The van der Waals surface area contributed by atoms with Gasteiger partial charge in [0, 0.05) is 65.0 Å². The van der Waals surface area contributed by atoms with Crippen molar-refractivity contribution in [3.05, 3.63) is 79.4 Å². The molecule has 0 spiro atoms. The van der Waals surface area contributed by atoms with E-state index >= 15 is 0 Å². The van der Waals surface area contributed by atoms with Gasteiger partial charge in [-0.3, -0.25) is 14.9 Å². The molecule has 11 heteroatoms. The molecule has 1 aliphatic heterocycles. The SMILES string of the molecule is O=C(CCc1nc(-c2cccc([N+](=O)[O-])c2)no1)N1CCC(c2nc(-c3cccc(Br)c3)cs2)CC1. The fourth-order valence-electron chi connectivity index (χ4n) is 4.24. The van der Waals surface area contributed by atoms with Gasteiger partial charge in [-0.15, -0.1) is 11.3 Å². The Hall–Kier alpha value is -3.44. The summed E-state index contributed by atoms with van der Waals surface area (Å²) in [5.74, 6) is 1.01. The number of aromatic nitrogens is 3. The largest absolute Gasteiger partial charge is 0.343 e. The van der Waals surface area contributed by atoms with Crippen molar-refractivity contribution in [3.63, 3.8) is 0 Å². The van der Waals surface area contributed by atoms with Gasteiger partial charge in [-0.2, -0.15) is 4.98 Å². The molecule has 1 fully saturated rings. The maximum Gasteiger partial charge on any atom is 0.270 e. The number of aryl methyl sites for hydroxylation is 1. The minimum absolute atomic E-state index is 0.0421. The maximum atomic E-state index is 12.8. The molecule has 0 atom stereocenters. The van der Waals surface area contributed by atoms with Crippen LogP contribution in [0.5, 0.6) is 0 Å². The molecular formula is C25H22BrN5O4S. The van der Waals surface area contributed by atoms with E-state index in [1.54, 1.807) is 23.5 Å². The molecule has 1 saturated heterocycles. The molecule has 2 aromatic heterocycles. The molecule has 4 aromatic rings. The lowest BCUT2D eigenvalue weighted by atomic mass is 9.97. The van der Waals surface area contributed by atoms with Crippen LogP contribution in [0.4, 0.5) is 5.69 Å². The zero-order valence-corrected chi connectivity index (χ0v) is 21.6. The second-order valence-corrected chi connectivity index (χ2v) is 10.4. The zero-order chi connectivity index (χ0) is 25.1. The van der Waals surface area contributed by atoms with Crippen LogP contribution in [0.2, 0.25) is 0 Å². The molecule has 184 valence electrons. The minimum atomic E-state index is -0.470. The van der Waals surface area contributed by atoms with Gasteiger partial charge in [0.25, 0.3) is 5.69 Å². The minimum Gasteiger partial charge on any atom is -0.343 e. The summed E-state index contributed by atoms with van der Waals surface area (Å²) in [7, 11) is 0. The number of benzene rings is 2. The number of rotatable bonds is 7. The van der Waals surface area contributed by atoms with Gasteiger partial charge in [-0.1, -0.05) is 45.4 Å². The monoisotopic (exact) mass is 567 g/mol. The van der Waals surface area contributed by atoms with Crippen LogP contribution in [0, 0.1) is 10.1 Å². The summed E-state index contributed by atoms with van der Waals surface area (Å²) in [4.78, 5) is 34.3. The van der Waals surface area contributed by atoms with Crippen LogP contribution >= 0.6 is 27.3 Å². The molecule has 2 aromatic carbocycles. The van der Waals surface area contributed by atoms with E-state index in [0.29, 0.717) is 36.9 Å². The first kappa shape index (κ1) is 24.3. The maximum absolute atomic E-state index is 12.8. The molecule has 36 heavy (non-hydrogen) atoms. The number of nitro benzene ring substituents is 1. The number of nitro groups is 1. The normalized spacial score (nSPS) is 14.2. The number of likely N-dealkylation sites (tertiary alicyclic amines) is 1. The van der Waals surface area contributed by atoms with Crippen molar-refractivity contribution < 1.29 is 14.2 Å². The second kappa shape index (κ2) is 10.7. The molecule has 0 aliphatic carbocycles. The van der Waals surface area contributed by atoms with Gasteiger partial charge in [0.2, 0.25) is 17.6 Å². The highest BCUT2D eigenvalue weighted by Gasteiger charge is 2.26. The first-order valence-corrected chi connectivity index (χ1v) is 13.2. The van der Waals surface area contributed by atoms with E-state index in [1.165, 1.54) is 12.1 Å². The van der Waals surface area contributed by atoms with Crippen LogP contribution in [0.15, 0.2) is 62.9 Å². The summed E-state index contributed by atoms with van der Waals surface area (Å²) >= 11 is 5.19. The number of hydrogen-bond donors (Lipinski definition) is 0. The van der Waals surface area contributed by atoms with Crippen LogP contribution in [0.1, 0.15) is 36.1 Å². The lowest BCUT2D eigenvalue weighted by molar-refractivity contribution is -0.384. The number of halogens is 1. The van der Waals surface area contributed by atoms with Crippen molar-refractivity contribution in [3.8, 4) is 22.6 Å². The lowest BCUT2D eigenvalue weighted by Crippen LogP contribution is -2.38. The van der Waals surface area contributed by atoms with Crippen molar-refractivity contribution in [2.24, 2.45) is 0 Å². The van der Waals surface area contributed by atoms with E-state index in [0.717, 1.165) is 33.6 Å². The average Bonchev–Trinajstić information content (AvgIpc) is 3.58. The molecule has 5 rings (SSSR count). The molecular weight excluding hydrogens is 546 g/mol. The van der Waals surface area contributed by atoms with Crippen molar-refractivity contribution in [1.29, 1.82) is 0 Å². The van der Waals surface area contributed by atoms with Gasteiger partial charge in [0.05, 0.1) is 15.6 Å². The van der Waals surface area contributed by atoms with Crippen molar-refractivity contribution >= 4 is 38.9 Å². The Morgan fingerprint density at radius 2 is 1.92 bits per heavy atom. The predicted molar refractivity (Wildman–Crippen MR) is 139 cm³/mol. The van der Waals surface area contributed by atoms with Crippen molar-refractivity contribution in [2.75, 3.05) is 13.1 Å². The lowest BCUT2D eigenvalue weighted by Gasteiger charge is -2.31. The third-order valence-electron chi connectivity index (χ3n) is 6.18. The number of thiazole rings is 1. The fourth-order valence-corrected chi connectivity index (χ4v) is 5.64. The Kier molecular flexibility index (Phi) is 7.19. The van der Waals surface area contributed by atoms with Crippen molar-refractivity contribution in [1.82, 2.24) is 20.0 Å². The molecule has 1 amide bonds. The number of hydrogen-bond acceptors (Lipinski definition) is 8. The molecule has 0 unspecified atom stereocenters. The highest BCUT2D eigenvalue weighted by atomic mass is 79.9. The van der Waals surface area contributed by atoms with E-state index < -0.39 is 4.92 Å². The van der Waals surface area contributed by atoms with Crippen LogP contribution in [-0.4, -0.2) is 43.9 Å². The summed E-state index contributed by atoms with van der Waals surface area (Å²) in [6.07, 6.45) is 2.36. The second-order valence-electron chi connectivity index (χ2n) is 8.56. The number of carbonyl (C=O) groups excluding carboxylic acids is 1. The highest BCUT2D eigenvalue weighted by Crippen LogP contribution is 2.33. The van der Waals surface area contributed by atoms with E-state index in [-0.39, 0.29) is 23.8 Å². The Labute approximate surface area is 219 Å². The van der Waals surface area contributed by atoms with Crippen LogP contribution < -0.4 is 0 Å². The molecule has 0 N–H and O–H groups in total. The molecule has 0 saturated carbocycles. The first-order valence-electron chi connectivity index (χ1n) is 11.5. The predicted octanol–water partition coefficient (Wildman–Crippen LogP) is 5.87. The summed E-state index contributed by atoms with van der Waals surface area (Å²) in [6, 6.07) is 14.2. The quantitative estimate of drug-likeness (QED) is 0.202. The van der Waals surface area contributed by atoms with Crippen LogP contribution in [0.3, 0.4) is 0 Å². The van der Waals surface area contributed by atoms with Crippen LogP contribution in [-0.2, 0) is 11.2 Å². The zero-order valence-electron chi connectivity index (χ0n) is 19.2. The number of amides is 1. The smallest absolute Gasteiger partial charge is 0.270 e. The Morgan fingerprint density at radius 3 is 2.69 bits per heavy atom. The fraction of sp³-hybridized carbons (Fsp3) is 0.280. The highest BCUT2D eigenvalue weighted by molar-refractivity contribution is 9.10. The Balaban J connectivity index is 1.13. The summed E-state index contributed by atoms with van der Waals surface area (Å²) < 4.78 is 6.30. The van der Waals surface area contributed by atoms with Gasteiger partial charge < -0.3 is 9.42 Å². The number of nitrogens with zero attached hydrogens (tertiary/aromatic N) is 5. The van der Waals surface area contributed by atoms with Gasteiger partial charge in [-0.05, 0) is 25.0 Å². The molecule has 3 heterocycles. The summed E-state index contributed by atoms with van der Waals surface area (Å²) in [5, 5.41) is 18.1. The van der Waals surface area contributed by atoms with Gasteiger partial charge in [0.1, 0.15) is 0 Å². The first-order chi connectivity index (χ1) is 17.5. The summed E-state index contributed by atoms with van der Waals surface area (Å²) in [5.41, 5.74) is 2.53. The topological polar surface area (TPSA) is 115 Å². The number of carbonyl (C=O) groups is 1. The Morgan fingerprint density at radius 1 is 1.14 bits per heavy atom. The Bertz CT molecular complexity index is 1400. The van der Waals surface area contributed by atoms with Crippen molar-refractivity contribution in [2.45, 2.75) is 31.6 Å². The third-order valence-corrected chi connectivity index (χ3v) is 7.68. The summed E-state index contributed by atoms with van der Waals surface area (Å²) in [6.45, 7) is 1.39. The number of non-ortho nitro benzene ring substituents is 1. The third kappa shape index (κ3) is 5.52. The van der Waals surface area contributed by atoms with E-state index in [4.69, 9.17) is 9.51 Å². The van der Waals surface area contributed by atoms with E-state index in [2.05, 4.69) is 43.6 Å². The van der Waals surface area contributed by atoms with Gasteiger partial charge >= 0.3 is 0 Å². The molecule has 1 aliphatic rings. The standard InChI is InChI=1S/C25H22BrN5O4S/c26-19-5-1-3-17(13-19)21-15-36-25(27-21)16-9-11-30(12-10-16)23(32)8-7-22-28-24(29-35-22)18-4-2-6-20(14-18)31(33)34/h1-6,13-16H,7-12H2. The number of piperidine rings is 1. The average molecular weight is 568 g/mol. The van der Waals surface area contributed by atoms with Gasteiger partial charge in [-0.25, -0.2) is 4.98 Å².